The molecule has 3 N–H and O–H groups in total. The second kappa shape index (κ2) is 5.41. The standard InChI is InChI=1S/C13H19FN2/c14-12-5-1-3-10(7-12)13(8-15)11-4-2-6-16-9-11/h1,3,5,7,11,13,16H,2,4,6,8-9,15H2. The lowest BCUT2D eigenvalue weighted by Gasteiger charge is -2.30. The summed E-state index contributed by atoms with van der Waals surface area (Å²) >= 11 is 0. The van der Waals surface area contributed by atoms with Gasteiger partial charge in [-0.05, 0) is 56.1 Å². The van der Waals surface area contributed by atoms with Crippen LogP contribution in [0.2, 0.25) is 0 Å². The summed E-state index contributed by atoms with van der Waals surface area (Å²) in [4.78, 5) is 0. The number of nitrogens with one attached hydrogen (secondary N) is 1. The molecule has 16 heavy (non-hydrogen) atoms. The monoisotopic (exact) mass is 222 g/mol. The van der Waals surface area contributed by atoms with E-state index in [4.69, 9.17) is 5.73 Å². The SMILES string of the molecule is NCC(c1cccc(F)c1)C1CCCNC1. The normalized spacial score (nSPS) is 23.0. The number of rotatable bonds is 3. The molecule has 0 radical (unpaired) electrons. The molecule has 1 aromatic rings. The van der Waals surface area contributed by atoms with Gasteiger partial charge in [-0.2, -0.15) is 0 Å². The first kappa shape index (κ1) is 11.6. The van der Waals surface area contributed by atoms with Crippen molar-refractivity contribution in [3.63, 3.8) is 0 Å². The first-order valence-corrected chi connectivity index (χ1v) is 5.97. The fourth-order valence-electron chi connectivity index (χ4n) is 2.56. The van der Waals surface area contributed by atoms with Gasteiger partial charge < -0.3 is 11.1 Å². The zero-order valence-electron chi connectivity index (χ0n) is 9.45. The van der Waals surface area contributed by atoms with Crippen molar-refractivity contribution in [2.24, 2.45) is 11.7 Å². The van der Waals surface area contributed by atoms with Gasteiger partial charge in [0.2, 0.25) is 0 Å². The van der Waals surface area contributed by atoms with Gasteiger partial charge in [0.15, 0.2) is 0 Å². The molecule has 1 aliphatic rings. The Hall–Kier alpha value is -0.930. The highest BCUT2D eigenvalue weighted by Gasteiger charge is 2.23. The second-order valence-corrected chi connectivity index (χ2v) is 4.50. The minimum atomic E-state index is -0.167. The Balaban J connectivity index is 2.14. The highest BCUT2D eigenvalue weighted by Crippen LogP contribution is 2.28. The van der Waals surface area contributed by atoms with Crippen molar-refractivity contribution in [1.29, 1.82) is 0 Å². The van der Waals surface area contributed by atoms with Gasteiger partial charge in [-0.25, -0.2) is 4.39 Å². The Morgan fingerprint density at radius 3 is 3.00 bits per heavy atom. The second-order valence-electron chi connectivity index (χ2n) is 4.50. The van der Waals surface area contributed by atoms with Crippen LogP contribution in [0.1, 0.15) is 24.3 Å². The van der Waals surface area contributed by atoms with Crippen molar-refractivity contribution in [2.75, 3.05) is 19.6 Å². The highest BCUT2D eigenvalue weighted by molar-refractivity contribution is 5.22. The van der Waals surface area contributed by atoms with Crippen LogP contribution in [0.3, 0.4) is 0 Å². The van der Waals surface area contributed by atoms with Crippen molar-refractivity contribution >= 4 is 0 Å². The van der Waals surface area contributed by atoms with E-state index in [-0.39, 0.29) is 11.7 Å². The van der Waals surface area contributed by atoms with Gasteiger partial charge >= 0.3 is 0 Å². The fraction of sp³-hybridized carbons (Fsp3) is 0.538. The molecule has 1 aromatic carbocycles. The number of piperidine rings is 1. The highest BCUT2D eigenvalue weighted by atomic mass is 19.1. The topological polar surface area (TPSA) is 38.0 Å². The van der Waals surface area contributed by atoms with Crippen molar-refractivity contribution in [2.45, 2.75) is 18.8 Å². The Morgan fingerprint density at radius 2 is 2.38 bits per heavy atom. The maximum Gasteiger partial charge on any atom is 0.123 e. The summed E-state index contributed by atoms with van der Waals surface area (Å²) in [5, 5.41) is 3.38. The van der Waals surface area contributed by atoms with E-state index in [0.717, 1.165) is 18.7 Å². The molecule has 0 aliphatic carbocycles. The fourth-order valence-corrected chi connectivity index (χ4v) is 2.56. The van der Waals surface area contributed by atoms with Crippen LogP contribution in [0.4, 0.5) is 4.39 Å². The average molecular weight is 222 g/mol. The maximum absolute atomic E-state index is 13.2. The summed E-state index contributed by atoms with van der Waals surface area (Å²) in [5.41, 5.74) is 6.87. The third-order valence-electron chi connectivity index (χ3n) is 3.43. The van der Waals surface area contributed by atoms with E-state index in [2.05, 4.69) is 5.32 Å². The lowest BCUT2D eigenvalue weighted by molar-refractivity contribution is 0.325. The average Bonchev–Trinajstić information content (AvgIpc) is 2.31. The van der Waals surface area contributed by atoms with Gasteiger partial charge in [0.05, 0.1) is 0 Å². The molecule has 3 heteroatoms. The van der Waals surface area contributed by atoms with E-state index in [0.29, 0.717) is 12.5 Å². The maximum atomic E-state index is 13.2. The molecule has 0 aromatic heterocycles. The van der Waals surface area contributed by atoms with Crippen LogP contribution in [0.5, 0.6) is 0 Å². The molecular weight excluding hydrogens is 203 g/mol. The van der Waals surface area contributed by atoms with Crippen molar-refractivity contribution in [1.82, 2.24) is 5.32 Å². The zero-order chi connectivity index (χ0) is 11.4. The molecule has 1 saturated heterocycles. The molecule has 1 aliphatic heterocycles. The molecule has 0 spiro atoms. The smallest absolute Gasteiger partial charge is 0.123 e. The van der Waals surface area contributed by atoms with Gasteiger partial charge in [0.25, 0.3) is 0 Å². The van der Waals surface area contributed by atoms with Crippen molar-refractivity contribution < 1.29 is 4.39 Å². The summed E-state index contributed by atoms with van der Waals surface area (Å²) in [6.45, 7) is 2.69. The number of halogens is 1. The van der Waals surface area contributed by atoms with Gasteiger partial charge in [0, 0.05) is 5.92 Å². The number of hydrogen-bond donors (Lipinski definition) is 2. The molecular formula is C13H19FN2. The molecule has 1 heterocycles. The van der Waals surface area contributed by atoms with E-state index in [1.165, 1.54) is 18.9 Å². The predicted molar refractivity (Wildman–Crippen MR) is 63.8 cm³/mol. The van der Waals surface area contributed by atoms with Crippen molar-refractivity contribution in [3.8, 4) is 0 Å². The minimum Gasteiger partial charge on any atom is -0.330 e. The first-order valence-electron chi connectivity index (χ1n) is 5.97. The number of benzene rings is 1. The molecule has 0 bridgehead atoms. The van der Waals surface area contributed by atoms with Crippen LogP contribution in [0.25, 0.3) is 0 Å². The molecule has 2 atom stereocenters. The minimum absolute atomic E-state index is 0.167. The van der Waals surface area contributed by atoms with E-state index in [9.17, 15) is 4.39 Å². The summed E-state index contributed by atoms with van der Waals surface area (Å²) < 4.78 is 13.2. The molecule has 0 saturated carbocycles. The van der Waals surface area contributed by atoms with E-state index < -0.39 is 0 Å². The molecule has 1 fully saturated rings. The Bertz CT molecular complexity index is 334. The summed E-state index contributed by atoms with van der Waals surface area (Å²) in [6, 6.07) is 6.85. The summed E-state index contributed by atoms with van der Waals surface area (Å²) in [6.07, 6.45) is 2.38. The summed E-state index contributed by atoms with van der Waals surface area (Å²) in [7, 11) is 0. The van der Waals surface area contributed by atoms with Crippen LogP contribution in [0, 0.1) is 11.7 Å². The van der Waals surface area contributed by atoms with Crippen molar-refractivity contribution in [3.05, 3.63) is 35.6 Å². The largest absolute Gasteiger partial charge is 0.330 e. The van der Waals surface area contributed by atoms with E-state index >= 15 is 0 Å². The molecule has 2 unspecified atom stereocenters. The quantitative estimate of drug-likeness (QED) is 0.819. The van der Waals surface area contributed by atoms with Crippen LogP contribution in [-0.2, 0) is 0 Å². The Morgan fingerprint density at radius 1 is 1.50 bits per heavy atom. The number of nitrogens with two attached hydrogens (primary N) is 1. The van der Waals surface area contributed by atoms with Gasteiger partial charge in [-0.1, -0.05) is 12.1 Å². The first-order chi connectivity index (χ1) is 7.81. The lowest BCUT2D eigenvalue weighted by Crippen LogP contribution is -2.35. The molecule has 2 nitrogen and oxygen atoms in total. The Labute approximate surface area is 96.0 Å². The van der Waals surface area contributed by atoms with Gasteiger partial charge in [-0.15, -0.1) is 0 Å². The van der Waals surface area contributed by atoms with Crippen LogP contribution in [-0.4, -0.2) is 19.6 Å². The lowest BCUT2D eigenvalue weighted by atomic mass is 9.81. The predicted octanol–water partition coefficient (Wildman–Crippen LogP) is 1.87. The molecule has 2 rings (SSSR count). The van der Waals surface area contributed by atoms with Crippen LogP contribution >= 0.6 is 0 Å². The Kier molecular flexibility index (Phi) is 3.91. The zero-order valence-corrected chi connectivity index (χ0v) is 9.45. The van der Waals surface area contributed by atoms with E-state index in [1.54, 1.807) is 12.1 Å². The third-order valence-corrected chi connectivity index (χ3v) is 3.43. The van der Waals surface area contributed by atoms with E-state index in [1.807, 2.05) is 6.07 Å². The molecule has 0 amide bonds. The van der Waals surface area contributed by atoms with Crippen LogP contribution < -0.4 is 11.1 Å². The summed E-state index contributed by atoms with van der Waals surface area (Å²) in [5.74, 6) is 0.656. The van der Waals surface area contributed by atoms with Gasteiger partial charge in [0.1, 0.15) is 5.82 Å². The number of hydrogen-bond acceptors (Lipinski definition) is 2. The third kappa shape index (κ3) is 2.60. The molecule has 88 valence electrons. The van der Waals surface area contributed by atoms with Crippen LogP contribution in [0.15, 0.2) is 24.3 Å². The van der Waals surface area contributed by atoms with Gasteiger partial charge in [-0.3, -0.25) is 0 Å².